The zero-order valence-electron chi connectivity index (χ0n) is 11.4. The first-order valence-corrected chi connectivity index (χ1v) is 7.07. The number of halogens is 2. The third-order valence-corrected chi connectivity index (χ3v) is 3.69. The fourth-order valence-corrected chi connectivity index (χ4v) is 2.34. The van der Waals surface area contributed by atoms with Crippen LogP contribution in [0.15, 0.2) is 18.2 Å². The van der Waals surface area contributed by atoms with Crippen molar-refractivity contribution in [3.8, 4) is 0 Å². The normalized spacial score (nSPS) is 16.6. The Bertz CT molecular complexity index is 438. The van der Waals surface area contributed by atoms with Crippen LogP contribution in [0.5, 0.6) is 0 Å². The predicted octanol–water partition coefficient (Wildman–Crippen LogP) is 2.09. The van der Waals surface area contributed by atoms with Crippen LogP contribution in [0.4, 0.5) is 8.78 Å². The zero-order valence-corrected chi connectivity index (χ0v) is 11.4. The topological polar surface area (TPSA) is 43.7 Å². The molecule has 1 aliphatic carbocycles. The summed E-state index contributed by atoms with van der Waals surface area (Å²) in [6.07, 6.45) is 1.73. The first kappa shape index (κ1) is 15.4. The van der Waals surface area contributed by atoms with Crippen LogP contribution in [0, 0.1) is 17.6 Å². The molecule has 112 valence electrons. The van der Waals surface area contributed by atoms with E-state index in [-0.39, 0.29) is 12.2 Å². The zero-order chi connectivity index (χ0) is 14.5. The Balaban J connectivity index is 1.88. The number of hydrogen-bond acceptors (Lipinski definition) is 3. The van der Waals surface area contributed by atoms with Crippen molar-refractivity contribution in [3.63, 3.8) is 0 Å². The summed E-state index contributed by atoms with van der Waals surface area (Å²) in [6, 6.07) is 3.84. The maximum Gasteiger partial charge on any atom is 0.164 e. The molecular weight excluding hydrogens is 264 g/mol. The third-order valence-electron chi connectivity index (χ3n) is 3.69. The summed E-state index contributed by atoms with van der Waals surface area (Å²) >= 11 is 0. The average molecular weight is 285 g/mol. The minimum Gasteiger partial charge on any atom is -0.395 e. The predicted molar refractivity (Wildman–Crippen MR) is 72.2 cm³/mol. The smallest absolute Gasteiger partial charge is 0.164 e. The Morgan fingerprint density at radius 3 is 2.65 bits per heavy atom. The highest BCUT2D eigenvalue weighted by atomic mass is 19.2. The van der Waals surface area contributed by atoms with E-state index in [0.717, 1.165) is 12.6 Å². The maximum atomic E-state index is 13.6. The van der Waals surface area contributed by atoms with E-state index in [2.05, 4.69) is 4.90 Å². The fraction of sp³-hybridized carbons (Fsp3) is 0.600. The molecule has 0 aliphatic heterocycles. The molecule has 0 amide bonds. The van der Waals surface area contributed by atoms with Crippen molar-refractivity contribution < 1.29 is 19.0 Å². The van der Waals surface area contributed by atoms with Gasteiger partial charge in [-0.15, -0.1) is 0 Å². The van der Waals surface area contributed by atoms with Crippen LogP contribution in [0.2, 0.25) is 0 Å². The first-order valence-electron chi connectivity index (χ1n) is 7.07. The average Bonchev–Trinajstić information content (AvgIpc) is 3.23. The van der Waals surface area contributed by atoms with E-state index in [1.54, 1.807) is 0 Å². The second-order valence-corrected chi connectivity index (χ2v) is 5.42. The molecule has 1 aliphatic rings. The first-order chi connectivity index (χ1) is 9.61. The van der Waals surface area contributed by atoms with Gasteiger partial charge >= 0.3 is 0 Å². The van der Waals surface area contributed by atoms with Crippen LogP contribution in [-0.4, -0.2) is 41.4 Å². The second kappa shape index (κ2) is 7.11. The number of aliphatic hydroxyl groups excluding tert-OH is 2. The minimum absolute atomic E-state index is 0.000343. The summed E-state index contributed by atoms with van der Waals surface area (Å²) in [5.41, 5.74) is 0.000343. The van der Waals surface area contributed by atoms with E-state index >= 15 is 0 Å². The lowest BCUT2D eigenvalue weighted by Crippen LogP contribution is -2.31. The van der Waals surface area contributed by atoms with Gasteiger partial charge < -0.3 is 15.1 Å². The molecule has 2 N–H and O–H groups in total. The van der Waals surface area contributed by atoms with Gasteiger partial charge in [-0.05, 0) is 31.2 Å². The van der Waals surface area contributed by atoms with Gasteiger partial charge in [0, 0.05) is 25.2 Å². The van der Waals surface area contributed by atoms with Gasteiger partial charge in [-0.3, -0.25) is 0 Å². The van der Waals surface area contributed by atoms with Crippen molar-refractivity contribution in [2.75, 3.05) is 26.2 Å². The largest absolute Gasteiger partial charge is 0.395 e. The molecule has 20 heavy (non-hydrogen) atoms. The number of aliphatic hydroxyl groups is 2. The second-order valence-electron chi connectivity index (χ2n) is 5.42. The SMILES string of the molecule is OCCN(CCC(O)c1cccc(F)c1F)CC1CC1. The molecule has 1 atom stereocenters. The molecule has 1 fully saturated rings. The van der Waals surface area contributed by atoms with Crippen molar-refractivity contribution in [2.45, 2.75) is 25.4 Å². The minimum atomic E-state index is -1.02. The van der Waals surface area contributed by atoms with Gasteiger partial charge in [-0.2, -0.15) is 0 Å². The lowest BCUT2D eigenvalue weighted by Gasteiger charge is -2.23. The van der Waals surface area contributed by atoms with E-state index in [9.17, 15) is 13.9 Å². The van der Waals surface area contributed by atoms with E-state index in [4.69, 9.17) is 5.11 Å². The molecule has 1 saturated carbocycles. The molecule has 3 nitrogen and oxygen atoms in total. The van der Waals surface area contributed by atoms with E-state index in [1.165, 1.54) is 25.0 Å². The van der Waals surface area contributed by atoms with Gasteiger partial charge in [-0.1, -0.05) is 12.1 Å². The number of hydrogen-bond donors (Lipinski definition) is 2. The molecule has 0 saturated heterocycles. The highest BCUT2D eigenvalue weighted by molar-refractivity contribution is 5.21. The van der Waals surface area contributed by atoms with E-state index in [0.29, 0.717) is 25.4 Å². The summed E-state index contributed by atoms with van der Waals surface area (Å²) in [5.74, 6) is -1.23. The molecule has 0 spiro atoms. The standard InChI is InChI=1S/C15H21F2NO2/c16-13-3-1-2-12(15(13)17)14(20)6-7-18(8-9-19)10-11-4-5-11/h1-3,11,14,19-20H,4-10H2. The van der Waals surface area contributed by atoms with Crippen LogP contribution < -0.4 is 0 Å². The summed E-state index contributed by atoms with van der Waals surface area (Å²) < 4.78 is 26.7. The lowest BCUT2D eigenvalue weighted by atomic mass is 10.1. The lowest BCUT2D eigenvalue weighted by molar-refractivity contribution is 0.125. The molecule has 0 radical (unpaired) electrons. The fourth-order valence-electron chi connectivity index (χ4n) is 2.34. The van der Waals surface area contributed by atoms with Gasteiger partial charge in [0.15, 0.2) is 11.6 Å². The Kier molecular flexibility index (Phi) is 5.46. The van der Waals surface area contributed by atoms with Crippen molar-refractivity contribution in [1.82, 2.24) is 4.90 Å². The number of rotatable bonds is 8. The van der Waals surface area contributed by atoms with E-state index < -0.39 is 17.7 Å². The number of nitrogens with zero attached hydrogens (tertiary/aromatic N) is 1. The highest BCUT2D eigenvalue weighted by Gasteiger charge is 2.24. The maximum absolute atomic E-state index is 13.6. The molecule has 0 heterocycles. The van der Waals surface area contributed by atoms with Crippen LogP contribution in [0.1, 0.15) is 30.9 Å². The Labute approximate surface area is 117 Å². The van der Waals surface area contributed by atoms with Gasteiger partial charge in [-0.25, -0.2) is 8.78 Å². The molecule has 2 rings (SSSR count). The van der Waals surface area contributed by atoms with Crippen LogP contribution in [0.3, 0.4) is 0 Å². The molecule has 0 aromatic heterocycles. The van der Waals surface area contributed by atoms with Gasteiger partial charge in [0.2, 0.25) is 0 Å². The molecule has 1 unspecified atom stereocenters. The van der Waals surface area contributed by atoms with Crippen LogP contribution in [-0.2, 0) is 0 Å². The van der Waals surface area contributed by atoms with Crippen molar-refractivity contribution >= 4 is 0 Å². The van der Waals surface area contributed by atoms with Crippen molar-refractivity contribution in [1.29, 1.82) is 0 Å². The summed E-state index contributed by atoms with van der Waals surface area (Å²) in [4.78, 5) is 2.07. The Morgan fingerprint density at radius 1 is 1.25 bits per heavy atom. The molecule has 1 aromatic rings. The molecule has 1 aromatic carbocycles. The molecular formula is C15H21F2NO2. The Hall–Kier alpha value is -1.04. The quantitative estimate of drug-likeness (QED) is 0.768. The van der Waals surface area contributed by atoms with Crippen molar-refractivity contribution in [2.24, 2.45) is 5.92 Å². The Morgan fingerprint density at radius 2 is 2.00 bits per heavy atom. The third kappa shape index (κ3) is 4.23. The molecule has 5 heteroatoms. The van der Waals surface area contributed by atoms with Crippen molar-refractivity contribution in [3.05, 3.63) is 35.4 Å². The van der Waals surface area contributed by atoms with Crippen LogP contribution in [0.25, 0.3) is 0 Å². The number of benzene rings is 1. The monoisotopic (exact) mass is 285 g/mol. The van der Waals surface area contributed by atoms with Gasteiger partial charge in [0.1, 0.15) is 0 Å². The highest BCUT2D eigenvalue weighted by Crippen LogP contribution is 2.30. The van der Waals surface area contributed by atoms with Crippen LogP contribution >= 0.6 is 0 Å². The van der Waals surface area contributed by atoms with Gasteiger partial charge in [0.25, 0.3) is 0 Å². The van der Waals surface area contributed by atoms with Gasteiger partial charge in [0.05, 0.1) is 12.7 Å². The molecule has 0 bridgehead atoms. The van der Waals surface area contributed by atoms with E-state index in [1.807, 2.05) is 0 Å². The summed E-state index contributed by atoms with van der Waals surface area (Å²) in [5, 5.41) is 19.0. The summed E-state index contributed by atoms with van der Waals surface area (Å²) in [7, 11) is 0. The summed E-state index contributed by atoms with van der Waals surface area (Å²) in [6.45, 7) is 2.08.